The van der Waals surface area contributed by atoms with Gasteiger partial charge >= 0.3 is 5.97 Å². The second-order valence-corrected chi connectivity index (χ2v) is 3.08. The molecule has 0 aliphatic rings. The van der Waals surface area contributed by atoms with Gasteiger partial charge in [0, 0.05) is 0 Å². The fraction of sp³-hybridized carbons (Fsp3) is 0.571. The van der Waals surface area contributed by atoms with Crippen LogP contribution in [0.5, 0.6) is 0 Å². The van der Waals surface area contributed by atoms with Gasteiger partial charge < -0.3 is 4.74 Å². The molecule has 0 N–H and O–H groups in total. The van der Waals surface area contributed by atoms with Crippen LogP contribution < -0.4 is 0 Å². The zero-order valence-electron chi connectivity index (χ0n) is 7.56. The van der Waals surface area contributed by atoms with E-state index in [4.69, 9.17) is 4.74 Å². The largest absolute Gasteiger partial charge is 0.461 e. The predicted molar refractivity (Wildman–Crippen MR) is 49.5 cm³/mol. The van der Waals surface area contributed by atoms with Crippen molar-refractivity contribution in [3.8, 4) is 0 Å². The molecule has 6 heteroatoms. The Morgan fingerprint density at radius 1 is 1.77 bits per heavy atom. The number of thioether (sulfide) groups is 1. The SMILES string of the molecule is CCOC(=O)c1cnn(CSC)n1. The molecule has 0 atom stereocenters. The van der Waals surface area contributed by atoms with E-state index in [1.807, 2.05) is 6.26 Å². The lowest BCUT2D eigenvalue weighted by atomic mass is 10.5. The van der Waals surface area contributed by atoms with E-state index in [-0.39, 0.29) is 5.69 Å². The summed E-state index contributed by atoms with van der Waals surface area (Å²) in [5.74, 6) is 0.217. The molecule has 0 unspecified atom stereocenters. The Hall–Kier alpha value is -1.04. The third-order valence-electron chi connectivity index (χ3n) is 1.27. The number of carbonyl (C=O) groups is 1. The van der Waals surface area contributed by atoms with Crippen LogP contribution in [-0.4, -0.2) is 33.8 Å². The van der Waals surface area contributed by atoms with Crippen LogP contribution in [0, 0.1) is 0 Å². The molecule has 0 amide bonds. The number of aromatic nitrogens is 3. The number of esters is 1. The highest BCUT2D eigenvalue weighted by Crippen LogP contribution is 1.99. The first-order chi connectivity index (χ1) is 6.27. The summed E-state index contributed by atoms with van der Waals surface area (Å²) in [6.07, 6.45) is 3.35. The Kier molecular flexibility index (Phi) is 3.75. The van der Waals surface area contributed by atoms with Crippen molar-refractivity contribution in [2.24, 2.45) is 0 Å². The maximum Gasteiger partial charge on any atom is 0.360 e. The van der Waals surface area contributed by atoms with E-state index in [1.54, 1.807) is 18.7 Å². The third kappa shape index (κ3) is 2.73. The van der Waals surface area contributed by atoms with Crippen molar-refractivity contribution in [2.45, 2.75) is 12.8 Å². The van der Waals surface area contributed by atoms with Crippen molar-refractivity contribution in [3.63, 3.8) is 0 Å². The standard InChI is InChI=1S/C7H11N3O2S/c1-3-12-7(11)6-4-8-10(9-6)5-13-2/h4H,3,5H2,1-2H3. The van der Waals surface area contributed by atoms with Crippen molar-refractivity contribution in [3.05, 3.63) is 11.9 Å². The number of nitrogens with zero attached hydrogens (tertiary/aromatic N) is 3. The summed E-state index contributed by atoms with van der Waals surface area (Å²) in [6, 6.07) is 0. The van der Waals surface area contributed by atoms with Crippen LogP contribution in [-0.2, 0) is 10.6 Å². The molecule has 0 aliphatic heterocycles. The van der Waals surface area contributed by atoms with E-state index in [9.17, 15) is 4.79 Å². The van der Waals surface area contributed by atoms with Gasteiger partial charge in [0.15, 0.2) is 5.69 Å². The average molecular weight is 201 g/mol. The van der Waals surface area contributed by atoms with E-state index in [2.05, 4.69) is 10.2 Å². The van der Waals surface area contributed by atoms with Crippen LogP contribution in [0.3, 0.4) is 0 Å². The lowest BCUT2D eigenvalue weighted by Crippen LogP contribution is -2.06. The lowest BCUT2D eigenvalue weighted by molar-refractivity contribution is 0.0518. The number of ether oxygens (including phenoxy) is 1. The van der Waals surface area contributed by atoms with Gasteiger partial charge in [0.2, 0.25) is 0 Å². The van der Waals surface area contributed by atoms with E-state index >= 15 is 0 Å². The smallest absolute Gasteiger partial charge is 0.360 e. The van der Waals surface area contributed by atoms with Crippen molar-refractivity contribution in [1.82, 2.24) is 15.0 Å². The summed E-state index contributed by atoms with van der Waals surface area (Å²) in [7, 11) is 0. The molecule has 0 aromatic carbocycles. The number of rotatable bonds is 4. The van der Waals surface area contributed by atoms with Gasteiger partial charge in [0.25, 0.3) is 0 Å². The summed E-state index contributed by atoms with van der Waals surface area (Å²) < 4.78 is 4.76. The Labute approximate surface area is 80.4 Å². The summed E-state index contributed by atoms with van der Waals surface area (Å²) in [5, 5.41) is 7.82. The summed E-state index contributed by atoms with van der Waals surface area (Å²) in [4.78, 5) is 12.6. The summed E-state index contributed by atoms with van der Waals surface area (Å²) in [5.41, 5.74) is 0.260. The molecule has 0 spiro atoms. The predicted octanol–water partition coefficient (Wildman–Crippen LogP) is 0.775. The molecule has 1 heterocycles. The minimum absolute atomic E-state index is 0.260. The Bertz CT molecular complexity index is 287. The molecule has 1 aromatic rings. The van der Waals surface area contributed by atoms with Crippen LogP contribution in [0.25, 0.3) is 0 Å². The molecular weight excluding hydrogens is 190 g/mol. The van der Waals surface area contributed by atoms with Gasteiger partial charge in [0.1, 0.15) is 5.88 Å². The molecule has 13 heavy (non-hydrogen) atoms. The Morgan fingerprint density at radius 3 is 3.15 bits per heavy atom. The van der Waals surface area contributed by atoms with Crippen LogP contribution in [0.15, 0.2) is 6.20 Å². The van der Waals surface area contributed by atoms with Crippen LogP contribution in [0.2, 0.25) is 0 Å². The molecule has 1 aromatic heterocycles. The normalized spacial score (nSPS) is 10.0. The topological polar surface area (TPSA) is 57.0 Å². The van der Waals surface area contributed by atoms with E-state index in [1.165, 1.54) is 11.0 Å². The number of carbonyl (C=O) groups excluding carboxylic acids is 1. The monoisotopic (exact) mass is 201 g/mol. The minimum Gasteiger partial charge on any atom is -0.461 e. The van der Waals surface area contributed by atoms with Gasteiger partial charge in [-0.2, -0.15) is 9.90 Å². The average Bonchev–Trinajstić information content (AvgIpc) is 2.54. The van der Waals surface area contributed by atoms with Crippen molar-refractivity contribution in [1.29, 1.82) is 0 Å². The molecule has 5 nitrogen and oxygen atoms in total. The highest BCUT2D eigenvalue weighted by molar-refractivity contribution is 7.97. The Balaban J connectivity index is 2.62. The first-order valence-corrected chi connectivity index (χ1v) is 5.23. The summed E-state index contributed by atoms with van der Waals surface area (Å²) in [6.45, 7) is 2.11. The number of hydrogen-bond donors (Lipinski definition) is 0. The van der Waals surface area contributed by atoms with Gasteiger partial charge in [-0.15, -0.1) is 16.9 Å². The zero-order valence-corrected chi connectivity index (χ0v) is 8.37. The van der Waals surface area contributed by atoms with Gasteiger partial charge in [-0.3, -0.25) is 0 Å². The lowest BCUT2D eigenvalue weighted by Gasteiger charge is -1.96. The fourth-order valence-electron chi connectivity index (χ4n) is 0.774. The molecule has 0 saturated heterocycles. The van der Waals surface area contributed by atoms with Crippen LogP contribution in [0.1, 0.15) is 17.4 Å². The van der Waals surface area contributed by atoms with Crippen molar-refractivity contribution < 1.29 is 9.53 Å². The van der Waals surface area contributed by atoms with E-state index in [0.29, 0.717) is 12.5 Å². The first kappa shape index (κ1) is 10.0. The van der Waals surface area contributed by atoms with Gasteiger partial charge in [-0.05, 0) is 13.2 Å². The zero-order chi connectivity index (χ0) is 9.68. The van der Waals surface area contributed by atoms with Crippen LogP contribution in [0.4, 0.5) is 0 Å². The maximum atomic E-state index is 11.1. The quantitative estimate of drug-likeness (QED) is 0.674. The van der Waals surface area contributed by atoms with Gasteiger partial charge in [-0.1, -0.05) is 0 Å². The molecule has 0 fully saturated rings. The Morgan fingerprint density at radius 2 is 2.54 bits per heavy atom. The highest BCUT2D eigenvalue weighted by atomic mass is 32.2. The van der Waals surface area contributed by atoms with E-state index in [0.717, 1.165) is 0 Å². The van der Waals surface area contributed by atoms with Gasteiger partial charge in [-0.25, -0.2) is 4.79 Å². The second-order valence-electron chi connectivity index (χ2n) is 2.24. The molecule has 0 radical (unpaired) electrons. The molecular formula is C7H11N3O2S. The van der Waals surface area contributed by atoms with Crippen molar-refractivity contribution in [2.75, 3.05) is 12.9 Å². The molecule has 1 rings (SSSR count). The molecule has 72 valence electrons. The minimum atomic E-state index is -0.421. The molecule has 0 aliphatic carbocycles. The van der Waals surface area contributed by atoms with E-state index < -0.39 is 5.97 Å². The highest BCUT2D eigenvalue weighted by Gasteiger charge is 2.10. The second kappa shape index (κ2) is 4.86. The van der Waals surface area contributed by atoms with Crippen molar-refractivity contribution >= 4 is 17.7 Å². The maximum absolute atomic E-state index is 11.1. The first-order valence-electron chi connectivity index (χ1n) is 3.84. The van der Waals surface area contributed by atoms with Crippen LogP contribution >= 0.6 is 11.8 Å². The number of hydrogen-bond acceptors (Lipinski definition) is 5. The third-order valence-corrected chi connectivity index (χ3v) is 1.75. The summed E-state index contributed by atoms with van der Waals surface area (Å²) >= 11 is 1.58. The molecule has 0 bridgehead atoms. The van der Waals surface area contributed by atoms with Gasteiger partial charge in [0.05, 0.1) is 12.8 Å². The molecule has 0 saturated carbocycles. The fourth-order valence-corrected chi connectivity index (χ4v) is 1.13.